The zero-order valence-electron chi connectivity index (χ0n) is 19.7. The summed E-state index contributed by atoms with van der Waals surface area (Å²) in [6.07, 6.45) is 4.86. The highest BCUT2D eigenvalue weighted by atomic mass is 35.5. The minimum atomic E-state index is -0.281. The van der Waals surface area contributed by atoms with Crippen LogP contribution in [0.4, 0.5) is 22.5 Å². The molecule has 2 amide bonds. The highest BCUT2D eigenvalue weighted by Crippen LogP contribution is 2.28. The number of carbonyl (C=O) groups is 2. The number of piperazine rings is 1. The summed E-state index contributed by atoms with van der Waals surface area (Å²) in [6, 6.07) is 7.31. The Morgan fingerprint density at radius 3 is 2.63 bits per heavy atom. The van der Waals surface area contributed by atoms with Gasteiger partial charge in [-0.2, -0.15) is 0 Å². The number of rotatable bonds is 6. The first-order chi connectivity index (χ1) is 16.8. The van der Waals surface area contributed by atoms with Crippen molar-refractivity contribution in [3.63, 3.8) is 0 Å². The van der Waals surface area contributed by atoms with Gasteiger partial charge in [-0.1, -0.05) is 41.1 Å². The molecule has 1 fully saturated rings. The number of benzene rings is 1. The van der Waals surface area contributed by atoms with Gasteiger partial charge in [-0.15, -0.1) is 0 Å². The van der Waals surface area contributed by atoms with Gasteiger partial charge in [0.15, 0.2) is 5.13 Å². The maximum atomic E-state index is 12.7. The predicted octanol–water partition coefficient (Wildman–Crippen LogP) is 4.42. The third kappa shape index (κ3) is 5.95. The lowest BCUT2D eigenvalue weighted by molar-refractivity contribution is -0.126. The molecule has 0 saturated carbocycles. The average Bonchev–Trinajstić information content (AvgIpc) is 3.30. The summed E-state index contributed by atoms with van der Waals surface area (Å²) in [4.78, 5) is 42.6. The molecular formula is C24H26ClN7O2S. The van der Waals surface area contributed by atoms with Gasteiger partial charge in [0.1, 0.15) is 22.3 Å². The van der Waals surface area contributed by atoms with Crippen LogP contribution in [0.25, 0.3) is 0 Å². The summed E-state index contributed by atoms with van der Waals surface area (Å²) >= 11 is 7.45. The Bertz CT molecular complexity index is 1250. The van der Waals surface area contributed by atoms with Gasteiger partial charge in [0.05, 0.1) is 16.9 Å². The van der Waals surface area contributed by atoms with Gasteiger partial charge in [-0.05, 0) is 38.5 Å². The van der Waals surface area contributed by atoms with Crippen LogP contribution in [0, 0.1) is 13.8 Å². The highest BCUT2D eigenvalue weighted by molar-refractivity contribution is 7.17. The molecule has 0 spiro atoms. The van der Waals surface area contributed by atoms with Crippen molar-refractivity contribution in [2.24, 2.45) is 0 Å². The number of hydrogen-bond donors (Lipinski definition) is 2. The monoisotopic (exact) mass is 511 g/mol. The van der Waals surface area contributed by atoms with Crippen LogP contribution in [-0.2, 0) is 4.79 Å². The van der Waals surface area contributed by atoms with Crippen LogP contribution in [0.3, 0.4) is 0 Å². The van der Waals surface area contributed by atoms with Crippen molar-refractivity contribution in [3.8, 4) is 0 Å². The van der Waals surface area contributed by atoms with Crippen LogP contribution in [0.5, 0.6) is 0 Å². The molecule has 2 N–H and O–H groups in total. The zero-order valence-corrected chi connectivity index (χ0v) is 21.3. The molecule has 1 aliphatic rings. The molecule has 2 aromatic heterocycles. The molecule has 9 nitrogen and oxygen atoms in total. The van der Waals surface area contributed by atoms with Crippen LogP contribution < -0.4 is 15.5 Å². The summed E-state index contributed by atoms with van der Waals surface area (Å²) in [5.74, 6) is 1.73. The van der Waals surface area contributed by atoms with Crippen molar-refractivity contribution in [1.82, 2.24) is 19.9 Å². The number of amides is 2. The fraction of sp³-hybridized carbons (Fsp3) is 0.292. The van der Waals surface area contributed by atoms with Gasteiger partial charge >= 0.3 is 0 Å². The molecule has 182 valence electrons. The quantitative estimate of drug-likeness (QED) is 0.472. The van der Waals surface area contributed by atoms with E-state index in [1.165, 1.54) is 17.5 Å². The normalized spacial score (nSPS) is 13.8. The van der Waals surface area contributed by atoms with E-state index in [4.69, 9.17) is 11.6 Å². The first-order valence-electron chi connectivity index (χ1n) is 11.2. The smallest absolute Gasteiger partial charge is 0.267 e. The van der Waals surface area contributed by atoms with Crippen molar-refractivity contribution >= 4 is 57.2 Å². The van der Waals surface area contributed by atoms with Crippen molar-refractivity contribution in [1.29, 1.82) is 0 Å². The molecule has 0 bridgehead atoms. The first kappa shape index (κ1) is 24.6. The number of nitrogens with zero attached hydrogens (tertiary/aromatic N) is 5. The Hall–Kier alpha value is -3.50. The SMILES string of the molecule is C/C=C/C(=O)N1CCN(c2cc(Nc3ncc(C(=O)Nc4c(C)cccc4Cl)s3)nc(C)n2)CC1. The van der Waals surface area contributed by atoms with E-state index in [9.17, 15) is 9.59 Å². The van der Waals surface area contributed by atoms with E-state index in [0.29, 0.717) is 58.5 Å². The zero-order chi connectivity index (χ0) is 24.9. The van der Waals surface area contributed by atoms with Crippen LogP contribution in [-0.4, -0.2) is 57.8 Å². The number of thiazole rings is 1. The molecule has 35 heavy (non-hydrogen) atoms. The van der Waals surface area contributed by atoms with E-state index in [0.717, 1.165) is 11.4 Å². The standard InChI is InChI=1S/C24H26ClN7O2S/c1-4-6-21(33)32-11-9-31(10-12-32)20-13-19(27-16(3)28-20)29-24-26-14-18(35-24)23(34)30-22-15(2)7-5-8-17(22)25/h4-8,13-14H,9-12H2,1-3H3,(H,30,34)(H,26,27,28,29)/b6-4+. The molecular weight excluding hydrogens is 486 g/mol. The van der Waals surface area contributed by atoms with Crippen molar-refractivity contribution in [3.05, 3.63) is 63.9 Å². The van der Waals surface area contributed by atoms with Gasteiger partial charge in [0, 0.05) is 32.2 Å². The summed E-state index contributed by atoms with van der Waals surface area (Å²) in [6.45, 7) is 8.17. The number of aryl methyl sites for hydroxylation is 2. The maximum Gasteiger partial charge on any atom is 0.267 e. The van der Waals surface area contributed by atoms with Crippen molar-refractivity contribution in [2.75, 3.05) is 41.7 Å². The average molecular weight is 512 g/mol. The van der Waals surface area contributed by atoms with Crippen LogP contribution in [0.2, 0.25) is 5.02 Å². The summed E-state index contributed by atoms with van der Waals surface area (Å²) in [5, 5.41) is 7.06. The maximum absolute atomic E-state index is 12.7. The van der Waals surface area contributed by atoms with Crippen LogP contribution in [0.1, 0.15) is 28.0 Å². The third-order valence-corrected chi connectivity index (χ3v) is 6.70. The fourth-order valence-electron chi connectivity index (χ4n) is 3.69. The van der Waals surface area contributed by atoms with E-state index < -0.39 is 0 Å². The molecule has 0 unspecified atom stereocenters. The van der Waals surface area contributed by atoms with E-state index >= 15 is 0 Å². The number of para-hydroxylation sites is 1. The van der Waals surface area contributed by atoms with E-state index in [1.807, 2.05) is 43.9 Å². The summed E-state index contributed by atoms with van der Waals surface area (Å²) < 4.78 is 0. The molecule has 1 aromatic carbocycles. The molecule has 0 atom stereocenters. The number of nitrogens with one attached hydrogen (secondary N) is 2. The molecule has 11 heteroatoms. The second-order valence-electron chi connectivity index (χ2n) is 8.01. The molecule has 3 heterocycles. The number of hydrogen-bond acceptors (Lipinski definition) is 8. The number of carbonyl (C=O) groups excluding carboxylic acids is 2. The summed E-state index contributed by atoms with van der Waals surface area (Å²) in [7, 11) is 0. The van der Waals surface area contributed by atoms with Crippen LogP contribution >= 0.6 is 22.9 Å². The Labute approximate surface area is 212 Å². The van der Waals surface area contributed by atoms with E-state index in [2.05, 4.69) is 30.5 Å². The topological polar surface area (TPSA) is 103 Å². The lowest BCUT2D eigenvalue weighted by Crippen LogP contribution is -2.48. The number of anilines is 4. The van der Waals surface area contributed by atoms with E-state index in [1.54, 1.807) is 18.2 Å². The first-order valence-corrected chi connectivity index (χ1v) is 12.3. The molecule has 1 aliphatic heterocycles. The lowest BCUT2D eigenvalue weighted by Gasteiger charge is -2.35. The molecule has 1 saturated heterocycles. The Kier molecular flexibility index (Phi) is 7.62. The minimum Gasteiger partial charge on any atom is -0.353 e. The Morgan fingerprint density at radius 2 is 1.91 bits per heavy atom. The lowest BCUT2D eigenvalue weighted by atomic mass is 10.2. The van der Waals surface area contributed by atoms with Gasteiger partial charge in [-0.3, -0.25) is 9.59 Å². The van der Waals surface area contributed by atoms with Gasteiger partial charge in [-0.25, -0.2) is 15.0 Å². The number of halogens is 1. The van der Waals surface area contributed by atoms with E-state index in [-0.39, 0.29) is 11.8 Å². The Morgan fingerprint density at radius 1 is 1.14 bits per heavy atom. The summed E-state index contributed by atoms with van der Waals surface area (Å²) in [5.41, 5.74) is 1.47. The molecule has 0 radical (unpaired) electrons. The predicted molar refractivity (Wildman–Crippen MR) is 140 cm³/mol. The molecule has 0 aliphatic carbocycles. The molecule has 4 rings (SSSR count). The van der Waals surface area contributed by atoms with Crippen molar-refractivity contribution < 1.29 is 9.59 Å². The van der Waals surface area contributed by atoms with Gasteiger partial charge in [0.25, 0.3) is 5.91 Å². The fourth-order valence-corrected chi connectivity index (χ4v) is 4.68. The third-order valence-electron chi connectivity index (χ3n) is 5.47. The highest BCUT2D eigenvalue weighted by Gasteiger charge is 2.21. The van der Waals surface area contributed by atoms with Crippen molar-refractivity contribution in [2.45, 2.75) is 20.8 Å². The second-order valence-corrected chi connectivity index (χ2v) is 9.45. The largest absolute Gasteiger partial charge is 0.353 e. The van der Waals surface area contributed by atoms with Gasteiger partial charge in [0.2, 0.25) is 5.91 Å². The van der Waals surface area contributed by atoms with Crippen LogP contribution in [0.15, 0.2) is 42.6 Å². The Balaban J connectivity index is 1.42. The number of allylic oxidation sites excluding steroid dienone is 1. The molecule has 3 aromatic rings. The number of aromatic nitrogens is 3. The second kappa shape index (κ2) is 10.8. The van der Waals surface area contributed by atoms with Gasteiger partial charge < -0.3 is 20.4 Å². The minimum absolute atomic E-state index is 0.0293.